The first-order chi connectivity index (χ1) is 9.19. The van der Waals surface area contributed by atoms with Crippen LogP contribution in [-0.4, -0.2) is 24.0 Å². The normalized spacial score (nSPS) is 14.7. The summed E-state index contributed by atoms with van der Waals surface area (Å²) in [4.78, 5) is 11.9. The van der Waals surface area contributed by atoms with E-state index in [1.54, 1.807) is 12.1 Å². The first kappa shape index (κ1) is 16.6. The second-order valence-electron chi connectivity index (χ2n) is 6.32. The maximum absolute atomic E-state index is 12.9. The molecule has 0 fully saturated rings. The van der Waals surface area contributed by atoms with E-state index in [0.29, 0.717) is 6.54 Å². The molecule has 0 heterocycles. The SMILES string of the molecule is CC(NCC(C)c1ccc(F)cc1)C(=O)NC(C)(C)C. The Labute approximate surface area is 121 Å². The van der Waals surface area contributed by atoms with Crippen LogP contribution in [0.3, 0.4) is 0 Å². The summed E-state index contributed by atoms with van der Waals surface area (Å²) in [6.07, 6.45) is 0. The van der Waals surface area contributed by atoms with Gasteiger partial charge in [0.05, 0.1) is 6.04 Å². The van der Waals surface area contributed by atoms with Crippen LogP contribution in [0, 0.1) is 5.82 Å². The van der Waals surface area contributed by atoms with Gasteiger partial charge in [-0.15, -0.1) is 0 Å². The molecule has 1 aromatic rings. The maximum atomic E-state index is 12.9. The van der Waals surface area contributed by atoms with Crippen molar-refractivity contribution in [1.29, 1.82) is 0 Å². The molecule has 0 aliphatic heterocycles. The van der Waals surface area contributed by atoms with E-state index in [1.165, 1.54) is 12.1 Å². The summed E-state index contributed by atoms with van der Waals surface area (Å²) in [6.45, 7) is 10.4. The molecule has 0 bridgehead atoms. The van der Waals surface area contributed by atoms with Crippen molar-refractivity contribution in [2.45, 2.75) is 52.1 Å². The molecule has 1 rings (SSSR count). The molecule has 2 atom stereocenters. The molecule has 0 aromatic heterocycles. The number of hydrogen-bond donors (Lipinski definition) is 2. The van der Waals surface area contributed by atoms with Gasteiger partial charge in [0.25, 0.3) is 0 Å². The van der Waals surface area contributed by atoms with E-state index in [-0.39, 0.29) is 29.2 Å². The molecule has 0 radical (unpaired) electrons. The highest BCUT2D eigenvalue weighted by molar-refractivity contribution is 5.81. The van der Waals surface area contributed by atoms with Gasteiger partial charge in [-0.25, -0.2) is 4.39 Å². The molecule has 2 unspecified atom stereocenters. The third-order valence-electron chi connectivity index (χ3n) is 3.06. The molecule has 20 heavy (non-hydrogen) atoms. The van der Waals surface area contributed by atoms with E-state index in [4.69, 9.17) is 0 Å². The van der Waals surface area contributed by atoms with Crippen LogP contribution in [0.25, 0.3) is 0 Å². The number of amides is 1. The Kier molecular flexibility index (Phi) is 5.69. The molecule has 3 nitrogen and oxygen atoms in total. The second kappa shape index (κ2) is 6.84. The number of nitrogens with one attached hydrogen (secondary N) is 2. The topological polar surface area (TPSA) is 41.1 Å². The molecule has 0 saturated carbocycles. The first-order valence-corrected chi connectivity index (χ1v) is 7.00. The van der Waals surface area contributed by atoms with E-state index >= 15 is 0 Å². The summed E-state index contributed by atoms with van der Waals surface area (Å²) in [5.74, 6) is -0.0175. The van der Waals surface area contributed by atoms with Gasteiger partial charge in [0.2, 0.25) is 5.91 Å². The monoisotopic (exact) mass is 280 g/mol. The minimum absolute atomic E-state index is 0.0104. The Morgan fingerprint density at radius 3 is 2.25 bits per heavy atom. The molecule has 0 aliphatic carbocycles. The van der Waals surface area contributed by atoms with Crippen LogP contribution >= 0.6 is 0 Å². The molecule has 1 aromatic carbocycles. The van der Waals surface area contributed by atoms with Crippen LogP contribution < -0.4 is 10.6 Å². The van der Waals surface area contributed by atoms with Gasteiger partial charge in [0, 0.05) is 12.1 Å². The average Bonchev–Trinajstić information content (AvgIpc) is 2.34. The van der Waals surface area contributed by atoms with Crippen molar-refractivity contribution in [2.75, 3.05) is 6.54 Å². The zero-order valence-corrected chi connectivity index (χ0v) is 13.0. The minimum Gasteiger partial charge on any atom is -0.350 e. The minimum atomic E-state index is -0.253. The van der Waals surface area contributed by atoms with Crippen molar-refractivity contribution in [2.24, 2.45) is 0 Å². The highest BCUT2D eigenvalue weighted by Gasteiger charge is 2.19. The van der Waals surface area contributed by atoms with Gasteiger partial charge >= 0.3 is 0 Å². The number of carbonyl (C=O) groups excluding carboxylic acids is 1. The Bertz CT molecular complexity index is 437. The summed E-state index contributed by atoms with van der Waals surface area (Å²) in [7, 11) is 0. The standard InChI is InChI=1S/C16H25FN2O/c1-11(13-6-8-14(17)9-7-13)10-18-12(2)15(20)19-16(3,4)5/h6-9,11-12,18H,10H2,1-5H3,(H,19,20). The van der Waals surface area contributed by atoms with E-state index in [0.717, 1.165) is 5.56 Å². The van der Waals surface area contributed by atoms with Gasteiger partial charge in [-0.1, -0.05) is 19.1 Å². The van der Waals surface area contributed by atoms with Gasteiger partial charge in [0.1, 0.15) is 5.82 Å². The lowest BCUT2D eigenvalue weighted by atomic mass is 10.0. The van der Waals surface area contributed by atoms with E-state index in [1.807, 2.05) is 27.7 Å². The largest absolute Gasteiger partial charge is 0.350 e. The summed E-state index contributed by atoms with van der Waals surface area (Å²) >= 11 is 0. The van der Waals surface area contributed by atoms with Crippen molar-refractivity contribution < 1.29 is 9.18 Å². The van der Waals surface area contributed by atoms with Crippen molar-refractivity contribution in [3.63, 3.8) is 0 Å². The zero-order chi connectivity index (χ0) is 15.3. The molecule has 1 amide bonds. The first-order valence-electron chi connectivity index (χ1n) is 7.00. The smallest absolute Gasteiger partial charge is 0.237 e. The number of benzene rings is 1. The number of rotatable bonds is 5. The van der Waals surface area contributed by atoms with E-state index in [2.05, 4.69) is 17.6 Å². The summed E-state index contributed by atoms with van der Waals surface area (Å²) in [6, 6.07) is 6.23. The Hall–Kier alpha value is -1.42. The molecule has 112 valence electrons. The molecular formula is C16H25FN2O. The fourth-order valence-corrected chi connectivity index (χ4v) is 1.83. The van der Waals surface area contributed by atoms with Crippen molar-refractivity contribution >= 4 is 5.91 Å². The lowest BCUT2D eigenvalue weighted by Crippen LogP contribution is -2.50. The van der Waals surface area contributed by atoms with Crippen molar-refractivity contribution in [3.8, 4) is 0 Å². The van der Waals surface area contributed by atoms with Gasteiger partial charge in [-0.2, -0.15) is 0 Å². The molecule has 0 aliphatic rings. The van der Waals surface area contributed by atoms with Crippen LogP contribution in [0.5, 0.6) is 0 Å². The third kappa shape index (κ3) is 5.70. The maximum Gasteiger partial charge on any atom is 0.237 e. The van der Waals surface area contributed by atoms with E-state index in [9.17, 15) is 9.18 Å². The molecular weight excluding hydrogens is 255 g/mol. The summed E-state index contributed by atoms with van der Waals surface area (Å²) in [5.41, 5.74) is 0.831. The third-order valence-corrected chi connectivity index (χ3v) is 3.06. The second-order valence-corrected chi connectivity index (χ2v) is 6.32. The molecule has 0 spiro atoms. The lowest BCUT2D eigenvalue weighted by Gasteiger charge is -2.24. The highest BCUT2D eigenvalue weighted by atomic mass is 19.1. The summed E-state index contributed by atoms with van der Waals surface area (Å²) in [5, 5.41) is 6.15. The van der Waals surface area contributed by atoms with Crippen LogP contribution in [0.1, 0.15) is 46.1 Å². The Balaban J connectivity index is 2.46. The molecule has 2 N–H and O–H groups in total. The van der Waals surface area contributed by atoms with Gasteiger partial charge < -0.3 is 10.6 Å². The Morgan fingerprint density at radius 2 is 1.75 bits per heavy atom. The fourth-order valence-electron chi connectivity index (χ4n) is 1.83. The predicted molar refractivity (Wildman–Crippen MR) is 80.2 cm³/mol. The zero-order valence-electron chi connectivity index (χ0n) is 13.0. The van der Waals surface area contributed by atoms with Crippen LogP contribution in [0.4, 0.5) is 4.39 Å². The predicted octanol–water partition coefficient (Wildman–Crippen LogP) is 2.82. The van der Waals surface area contributed by atoms with E-state index < -0.39 is 0 Å². The van der Waals surface area contributed by atoms with Crippen LogP contribution in [-0.2, 0) is 4.79 Å². The van der Waals surface area contributed by atoms with Crippen LogP contribution in [0.2, 0.25) is 0 Å². The average molecular weight is 280 g/mol. The van der Waals surface area contributed by atoms with Crippen molar-refractivity contribution in [3.05, 3.63) is 35.6 Å². The molecule has 4 heteroatoms. The quantitative estimate of drug-likeness (QED) is 0.871. The van der Waals surface area contributed by atoms with Gasteiger partial charge in [-0.3, -0.25) is 4.79 Å². The fraction of sp³-hybridized carbons (Fsp3) is 0.562. The van der Waals surface area contributed by atoms with Gasteiger partial charge in [-0.05, 0) is 51.3 Å². The Morgan fingerprint density at radius 1 is 1.20 bits per heavy atom. The number of halogens is 1. The summed E-state index contributed by atoms with van der Waals surface area (Å²) < 4.78 is 12.9. The number of hydrogen-bond acceptors (Lipinski definition) is 2. The van der Waals surface area contributed by atoms with Gasteiger partial charge in [0.15, 0.2) is 0 Å². The number of carbonyl (C=O) groups is 1. The molecule has 0 saturated heterocycles. The van der Waals surface area contributed by atoms with Crippen molar-refractivity contribution in [1.82, 2.24) is 10.6 Å². The van der Waals surface area contributed by atoms with Crippen LogP contribution in [0.15, 0.2) is 24.3 Å². The lowest BCUT2D eigenvalue weighted by molar-refractivity contribution is -0.124. The highest BCUT2D eigenvalue weighted by Crippen LogP contribution is 2.14.